The molecule has 3 rings (SSSR count). The minimum atomic E-state index is 0.850. The highest BCUT2D eigenvalue weighted by Gasteiger charge is 2.37. The second-order valence-electron chi connectivity index (χ2n) is 4.34. The zero-order valence-electron chi connectivity index (χ0n) is 9.26. The van der Waals surface area contributed by atoms with Crippen LogP contribution in [-0.2, 0) is 5.75 Å². The molecule has 1 fully saturated rings. The highest BCUT2D eigenvalue weighted by Crippen LogP contribution is 2.32. The van der Waals surface area contributed by atoms with Crippen molar-refractivity contribution in [2.45, 2.75) is 24.6 Å². The molecule has 2 aliphatic heterocycles. The molecule has 0 unspecified atom stereocenters. The van der Waals surface area contributed by atoms with E-state index in [0.717, 1.165) is 11.8 Å². The van der Waals surface area contributed by atoms with E-state index in [-0.39, 0.29) is 0 Å². The average molecular weight is 250 g/mol. The van der Waals surface area contributed by atoms with E-state index >= 15 is 0 Å². The standard InChI is InChI=1S/C13H16NS2/c1-2-5-11(6-3-1)9-15-13-14-8-4-7-12(14)10-16-13/h1-3,5-6,12H,4,7-10H2/q+1/t12-/m0/s1. The first kappa shape index (κ1) is 10.7. The lowest BCUT2D eigenvalue weighted by molar-refractivity contribution is -0.530. The normalized spacial score (nSPS) is 23.9. The molecule has 1 saturated heterocycles. The molecular weight excluding hydrogens is 234 g/mol. The maximum atomic E-state index is 2.62. The molecule has 0 saturated carbocycles. The quantitative estimate of drug-likeness (QED) is 0.741. The number of fused-ring (bicyclic) bond motifs is 1. The average Bonchev–Trinajstić information content (AvgIpc) is 2.90. The molecule has 0 radical (unpaired) electrons. The Balaban J connectivity index is 1.66. The van der Waals surface area contributed by atoms with Crippen molar-refractivity contribution in [2.75, 3.05) is 12.3 Å². The maximum absolute atomic E-state index is 2.62. The molecule has 0 aliphatic carbocycles. The maximum Gasteiger partial charge on any atom is 0.270 e. The topological polar surface area (TPSA) is 3.01 Å². The van der Waals surface area contributed by atoms with Gasteiger partial charge in [0.15, 0.2) is 6.04 Å². The lowest BCUT2D eigenvalue weighted by Gasteiger charge is -2.00. The predicted molar refractivity (Wildman–Crippen MR) is 73.4 cm³/mol. The summed E-state index contributed by atoms with van der Waals surface area (Å²) in [4.78, 5) is 0. The molecular formula is C13H16NS2+. The molecule has 0 bridgehead atoms. The van der Waals surface area contributed by atoms with Crippen LogP contribution in [0.5, 0.6) is 0 Å². The van der Waals surface area contributed by atoms with Gasteiger partial charge in [0.1, 0.15) is 6.54 Å². The largest absolute Gasteiger partial charge is 0.270 e. The van der Waals surface area contributed by atoms with E-state index < -0.39 is 0 Å². The zero-order valence-corrected chi connectivity index (χ0v) is 10.9. The number of hydrogen-bond acceptors (Lipinski definition) is 2. The van der Waals surface area contributed by atoms with Gasteiger partial charge in [-0.1, -0.05) is 30.3 Å². The Hall–Kier alpha value is -0.410. The van der Waals surface area contributed by atoms with E-state index in [4.69, 9.17) is 0 Å². The van der Waals surface area contributed by atoms with Crippen LogP contribution < -0.4 is 0 Å². The van der Waals surface area contributed by atoms with E-state index in [2.05, 4.69) is 46.7 Å². The minimum absolute atomic E-state index is 0.850. The van der Waals surface area contributed by atoms with Crippen LogP contribution in [0.25, 0.3) is 0 Å². The lowest BCUT2D eigenvalue weighted by atomic mass is 10.2. The molecule has 1 aromatic carbocycles. The van der Waals surface area contributed by atoms with E-state index in [9.17, 15) is 0 Å². The predicted octanol–water partition coefficient (Wildman–Crippen LogP) is 3.20. The number of rotatable bonds is 2. The van der Waals surface area contributed by atoms with Crippen LogP contribution in [0.3, 0.4) is 0 Å². The summed E-state index contributed by atoms with van der Waals surface area (Å²) in [6.45, 7) is 1.29. The second-order valence-corrected chi connectivity index (χ2v) is 6.57. The van der Waals surface area contributed by atoms with Crippen LogP contribution in [0.1, 0.15) is 18.4 Å². The third kappa shape index (κ3) is 2.16. The summed E-state index contributed by atoms with van der Waals surface area (Å²) < 4.78 is 4.18. The molecule has 0 spiro atoms. The van der Waals surface area contributed by atoms with Gasteiger partial charge in [0.2, 0.25) is 0 Å². The Bertz CT molecular complexity index is 400. The summed E-state index contributed by atoms with van der Waals surface area (Å²) in [7, 11) is 0. The van der Waals surface area contributed by atoms with Crippen molar-refractivity contribution in [2.24, 2.45) is 0 Å². The monoisotopic (exact) mass is 250 g/mol. The fourth-order valence-corrected chi connectivity index (χ4v) is 5.03. The van der Waals surface area contributed by atoms with Crippen LogP contribution >= 0.6 is 23.5 Å². The third-order valence-electron chi connectivity index (χ3n) is 3.22. The smallest absolute Gasteiger partial charge is 0.215 e. The van der Waals surface area contributed by atoms with Crippen molar-refractivity contribution in [1.29, 1.82) is 0 Å². The Morgan fingerprint density at radius 3 is 3.06 bits per heavy atom. The Morgan fingerprint density at radius 1 is 1.31 bits per heavy atom. The van der Waals surface area contributed by atoms with Crippen molar-refractivity contribution in [3.05, 3.63) is 35.9 Å². The summed E-state index contributed by atoms with van der Waals surface area (Å²) in [6.07, 6.45) is 2.79. The SMILES string of the molecule is c1ccc(CSC2=[N+]3CCC[C@H]3CS2)cc1. The molecule has 1 aromatic rings. The summed E-state index contributed by atoms with van der Waals surface area (Å²) >= 11 is 4.08. The first-order chi connectivity index (χ1) is 7.93. The van der Waals surface area contributed by atoms with Gasteiger partial charge in [0, 0.05) is 18.6 Å². The highest BCUT2D eigenvalue weighted by atomic mass is 32.2. The Kier molecular flexibility index (Phi) is 3.25. The Labute approximate surface area is 105 Å². The number of thioether (sulfide) groups is 2. The molecule has 1 nitrogen and oxygen atoms in total. The fourth-order valence-electron chi connectivity index (χ4n) is 2.34. The van der Waals surface area contributed by atoms with Gasteiger partial charge in [-0.15, -0.1) is 0 Å². The summed E-state index contributed by atoms with van der Waals surface area (Å²) in [6, 6.07) is 11.6. The van der Waals surface area contributed by atoms with Gasteiger partial charge in [-0.05, 0) is 29.1 Å². The van der Waals surface area contributed by atoms with Crippen LogP contribution in [0.2, 0.25) is 0 Å². The molecule has 84 valence electrons. The van der Waals surface area contributed by atoms with Gasteiger partial charge in [0.25, 0.3) is 4.38 Å². The van der Waals surface area contributed by atoms with Gasteiger partial charge in [-0.2, -0.15) is 0 Å². The molecule has 0 amide bonds. The molecule has 2 heterocycles. The number of nitrogens with zero attached hydrogens (tertiary/aromatic N) is 1. The van der Waals surface area contributed by atoms with E-state index in [1.807, 2.05) is 11.8 Å². The zero-order chi connectivity index (χ0) is 10.8. The van der Waals surface area contributed by atoms with E-state index in [0.29, 0.717) is 0 Å². The summed E-state index contributed by atoms with van der Waals surface area (Å²) in [5, 5.41) is 0. The van der Waals surface area contributed by atoms with E-state index in [1.165, 1.54) is 30.7 Å². The highest BCUT2D eigenvalue weighted by molar-refractivity contribution is 8.38. The van der Waals surface area contributed by atoms with Crippen molar-refractivity contribution in [3.63, 3.8) is 0 Å². The molecule has 3 heteroatoms. The third-order valence-corrected chi connectivity index (χ3v) is 5.92. The molecule has 1 atom stereocenters. The number of hydrogen-bond donors (Lipinski definition) is 0. The van der Waals surface area contributed by atoms with Gasteiger partial charge in [-0.25, -0.2) is 4.58 Å². The van der Waals surface area contributed by atoms with Gasteiger partial charge < -0.3 is 0 Å². The Morgan fingerprint density at radius 2 is 2.19 bits per heavy atom. The fraction of sp³-hybridized carbons (Fsp3) is 0.462. The second kappa shape index (κ2) is 4.84. The minimum Gasteiger partial charge on any atom is -0.215 e. The lowest BCUT2D eigenvalue weighted by Crippen LogP contribution is -2.17. The van der Waals surface area contributed by atoms with Gasteiger partial charge in [0.05, 0.1) is 5.75 Å². The van der Waals surface area contributed by atoms with Crippen molar-refractivity contribution >= 4 is 27.9 Å². The molecule has 0 aromatic heterocycles. The van der Waals surface area contributed by atoms with Crippen molar-refractivity contribution in [1.82, 2.24) is 0 Å². The van der Waals surface area contributed by atoms with Crippen molar-refractivity contribution in [3.8, 4) is 0 Å². The van der Waals surface area contributed by atoms with Crippen LogP contribution in [-0.4, -0.2) is 27.3 Å². The first-order valence-corrected chi connectivity index (χ1v) is 7.84. The van der Waals surface area contributed by atoms with E-state index in [1.54, 1.807) is 4.38 Å². The van der Waals surface area contributed by atoms with Crippen LogP contribution in [0, 0.1) is 0 Å². The molecule has 16 heavy (non-hydrogen) atoms. The van der Waals surface area contributed by atoms with Gasteiger partial charge >= 0.3 is 0 Å². The van der Waals surface area contributed by atoms with Crippen LogP contribution in [0.4, 0.5) is 0 Å². The summed E-state index contributed by atoms with van der Waals surface area (Å²) in [5.41, 5.74) is 1.43. The van der Waals surface area contributed by atoms with Crippen LogP contribution in [0.15, 0.2) is 30.3 Å². The van der Waals surface area contributed by atoms with Crippen molar-refractivity contribution < 1.29 is 4.58 Å². The first-order valence-electron chi connectivity index (χ1n) is 5.86. The number of benzene rings is 1. The molecule has 0 N–H and O–H groups in total. The van der Waals surface area contributed by atoms with Gasteiger partial charge in [-0.3, -0.25) is 0 Å². The summed E-state index contributed by atoms with van der Waals surface area (Å²) in [5.74, 6) is 2.43. The molecule has 2 aliphatic rings.